The number of benzene rings is 3. The van der Waals surface area contributed by atoms with Gasteiger partial charge in [-0.05, 0) is 48.9 Å². The van der Waals surface area contributed by atoms with E-state index in [1.165, 1.54) is 28.4 Å². The molecule has 6 nitrogen and oxygen atoms in total. The van der Waals surface area contributed by atoms with Crippen LogP contribution in [0.4, 0.5) is 5.69 Å². The average Bonchev–Trinajstić information content (AvgIpc) is 3.38. The molecule has 0 saturated heterocycles. The van der Waals surface area contributed by atoms with Gasteiger partial charge in [0.2, 0.25) is 5.78 Å². The summed E-state index contributed by atoms with van der Waals surface area (Å²) in [5, 5.41) is 21.9. The van der Waals surface area contributed by atoms with Gasteiger partial charge in [-0.15, -0.1) is 11.3 Å². The number of Topliss-reactive ketones (excluding diaryl/α,β-unsaturated/α-hetero) is 1. The molecule has 0 saturated carbocycles. The molecule has 0 spiro atoms. The van der Waals surface area contributed by atoms with Crippen LogP contribution in [0.5, 0.6) is 5.75 Å². The molecule has 1 aliphatic rings. The number of phenolic OH excluding ortho intramolecular Hbond substituents is 1. The Labute approximate surface area is 210 Å². The molecule has 2 heterocycles. The van der Waals surface area contributed by atoms with Gasteiger partial charge >= 0.3 is 0 Å². The molecule has 0 fully saturated rings. The molecule has 1 amide bonds. The van der Waals surface area contributed by atoms with Crippen molar-refractivity contribution in [2.24, 2.45) is 0 Å². The molecule has 4 aromatic rings. The third-order valence-corrected chi connectivity index (χ3v) is 7.25. The number of aliphatic hydroxyl groups excluding tert-OH is 1. The number of phenols is 1. The summed E-state index contributed by atoms with van der Waals surface area (Å²) >= 11 is 7.25. The molecule has 0 aliphatic carbocycles. The number of aromatic hydroxyl groups is 1. The van der Waals surface area contributed by atoms with E-state index in [1.807, 2.05) is 30.3 Å². The van der Waals surface area contributed by atoms with E-state index in [2.05, 4.69) is 4.98 Å². The fraction of sp³-hybridized carbons (Fsp3) is 0.0741. The summed E-state index contributed by atoms with van der Waals surface area (Å²) in [5.74, 6) is -1.73. The number of nitrogens with zero attached hydrogens (tertiary/aromatic N) is 2. The minimum Gasteiger partial charge on any atom is -0.508 e. The lowest BCUT2D eigenvalue weighted by molar-refractivity contribution is -0.117. The molecule has 35 heavy (non-hydrogen) atoms. The summed E-state index contributed by atoms with van der Waals surface area (Å²) in [6.07, 6.45) is 0. The first-order valence-corrected chi connectivity index (χ1v) is 11.9. The number of rotatable bonds is 5. The molecule has 1 atom stereocenters. The van der Waals surface area contributed by atoms with Gasteiger partial charge in [-0.1, -0.05) is 54.1 Å². The smallest absolute Gasteiger partial charge is 0.294 e. The maximum Gasteiger partial charge on any atom is 0.294 e. The van der Waals surface area contributed by atoms with Crippen molar-refractivity contribution in [3.8, 4) is 16.3 Å². The van der Waals surface area contributed by atoms with Crippen molar-refractivity contribution in [1.82, 2.24) is 4.98 Å². The predicted molar refractivity (Wildman–Crippen MR) is 136 cm³/mol. The molecule has 0 radical (unpaired) electrons. The van der Waals surface area contributed by atoms with Crippen molar-refractivity contribution in [2.45, 2.75) is 13.0 Å². The van der Waals surface area contributed by atoms with Crippen molar-refractivity contribution in [2.75, 3.05) is 4.90 Å². The lowest BCUT2D eigenvalue weighted by Crippen LogP contribution is -2.31. The van der Waals surface area contributed by atoms with Gasteiger partial charge in [-0.25, -0.2) is 4.98 Å². The fourth-order valence-electron chi connectivity index (χ4n) is 4.11. The molecule has 174 valence electrons. The minimum absolute atomic E-state index is 0.0398. The van der Waals surface area contributed by atoms with E-state index in [0.29, 0.717) is 31.9 Å². The average molecular weight is 503 g/mol. The highest BCUT2D eigenvalue weighted by Crippen LogP contribution is 2.43. The Balaban J connectivity index is 1.63. The molecule has 1 aliphatic heterocycles. The van der Waals surface area contributed by atoms with Crippen molar-refractivity contribution >= 4 is 40.3 Å². The van der Waals surface area contributed by atoms with Crippen LogP contribution >= 0.6 is 22.9 Å². The van der Waals surface area contributed by atoms with Crippen molar-refractivity contribution in [1.29, 1.82) is 0 Å². The Bertz CT molecular complexity index is 1460. The number of thiazole rings is 1. The topological polar surface area (TPSA) is 90.7 Å². The third kappa shape index (κ3) is 4.09. The number of anilines is 1. The van der Waals surface area contributed by atoms with Crippen molar-refractivity contribution in [3.63, 3.8) is 0 Å². The van der Waals surface area contributed by atoms with Crippen LogP contribution < -0.4 is 4.90 Å². The van der Waals surface area contributed by atoms with Gasteiger partial charge in [0.25, 0.3) is 5.91 Å². The molecule has 1 unspecified atom stereocenters. The highest BCUT2D eigenvalue weighted by molar-refractivity contribution is 7.17. The van der Waals surface area contributed by atoms with E-state index in [-0.39, 0.29) is 11.3 Å². The van der Waals surface area contributed by atoms with E-state index in [1.54, 1.807) is 43.3 Å². The quantitative estimate of drug-likeness (QED) is 0.314. The first kappa shape index (κ1) is 22.8. The molecule has 0 bridgehead atoms. The Morgan fingerprint density at radius 3 is 2.29 bits per heavy atom. The minimum atomic E-state index is -0.904. The Kier molecular flexibility index (Phi) is 5.88. The lowest BCUT2D eigenvalue weighted by Gasteiger charge is -2.27. The first-order chi connectivity index (χ1) is 16.8. The van der Waals surface area contributed by atoms with E-state index in [4.69, 9.17) is 11.6 Å². The maximum atomic E-state index is 13.9. The van der Waals surface area contributed by atoms with E-state index >= 15 is 0 Å². The maximum absolute atomic E-state index is 13.9. The highest BCUT2D eigenvalue weighted by atomic mass is 35.5. The zero-order valence-electron chi connectivity index (χ0n) is 18.5. The van der Waals surface area contributed by atoms with Crippen LogP contribution in [0.2, 0.25) is 5.02 Å². The Morgan fingerprint density at radius 1 is 0.971 bits per heavy atom. The van der Waals surface area contributed by atoms with Crippen molar-refractivity contribution in [3.05, 3.63) is 111 Å². The molecule has 2 N–H and O–H groups in total. The number of halogens is 1. The molecule has 3 aromatic carbocycles. The first-order valence-electron chi connectivity index (χ1n) is 10.7. The second kappa shape index (κ2) is 9.02. The standard InChI is InChI=1S/C27H19ClN2O4S/c1-15-25(35-26(29-15)17-5-3-2-4-6-17)23(32)21-22(16-7-13-20(31)14-8-16)30(27(34)24(21)33)19-11-9-18(28)10-12-19/h2-14,22,31,33H,1H3. The Morgan fingerprint density at radius 2 is 1.63 bits per heavy atom. The number of aliphatic hydroxyl groups is 1. The van der Waals surface area contributed by atoms with E-state index in [9.17, 15) is 19.8 Å². The summed E-state index contributed by atoms with van der Waals surface area (Å²) in [7, 11) is 0. The monoisotopic (exact) mass is 502 g/mol. The lowest BCUT2D eigenvalue weighted by atomic mass is 9.94. The largest absolute Gasteiger partial charge is 0.508 e. The van der Waals surface area contributed by atoms with E-state index < -0.39 is 23.5 Å². The molecule has 1 aromatic heterocycles. The third-order valence-electron chi connectivity index (χ3n) is 5.79. The van der Waals surface area contributed by atoms with Gasteiger partial charge in [0.05, 0.1) is 22.2 Å². The van der Waals surface area contributed by atoms with E-state index in [0.717, 1.165) is 5.56 Å². The Hall–Kier alpha value is -3.94. The number of hydrogen-bond donors (Lipinski definition) is 2. The summed E-state index contributed by atoms with van der Waals surface area (Å²) < 4.78 is 0. The van der Waals surface area contributed by atoms with Crippen LogP contribution in [0.3, 0.4) is 0 Å². The zero-order valence-corrected chi connectivity index (χ0v) is 20.0. The van der Waals surface area contributed by atoms with Crippen molar-refractivity contribution < 1.29 is 19.8 Å². The zero-order chi connectivity index (χ0) is 24.7. The number of aryl methyl sites for hydroxylation is 1. The van der Waals surface area contributed by atoms with Crippen LogP contribution in [0, 0.1) is 6.92 Å². The second-order valence-corrected chi connectivity index (χ2v) is 9.47. The van der Waals surface area contributed by atoms with Gasteiger partial charge in [-0.3, -0.25) is 14.5 Å². The van der Waals surface area contributed by atoms with Gasteiger partial charge in [0, 0.05) is 16.3 Å². The predicted octanol–water partition coefficient (Wildman–Crippen LogP) is 6.26. The number of aromatic nitrogens is 1. The van der Waals surface area contributed by atoms with Gasteiger partial charge < -0.3 is 10.2 Å². The van der Waals surface area contributed by atoms with Gasteiger partial charge in [0.1, 0.15) is 10.8 Å². The number of hydrogen-bond acceptors (Lipinski definition) is 6. The van der Waals surface area contributed by atoms with Crippen LogP contribution in [-0.2, 0) is 4.79 Å². The molecular formula is C27H19ClN2O4S. The van der Waals surface area contributed by atoms with Gasteiger partial charge in [0.15, 0.2) is 5.76 Å². The van der Waals surface area contributed by atoms with Crippen LogP contribution in [0.15, 0.2) is 90.2 Å². The summed E-state index contributed by atoms with van der Waals surface area (Å²) in [5.41, 5.74) is 2.38. The highest BCUT2D eigenvalue weighted by Gasteiger charge is 2.45. The van der Waals surface area contributed by atoms with Crippen LogP contribution in [0.1, 0.15) is 27.0 Å². The molecule has 5 rings (SSSR count). The van der Waals surface area contributed by atoms with Crippen LogP contribution in [0.25, 0.3) is 10.6 Å². The number of carbonyl (C=O) groups excluding carboxylic acids is 2. The molecular weight excluding hydrogens is 484 g/mol. The SMILES string of the molecule is Cc1nc(-c2ccccc2)sc1C(=O)C1=C(O)C(=O)N(c2ccc(Cl)cc2)C1c1ccc(O)cc1. The number of amides is 1. The second-order valence-electron chi connectivity index (χ2n) is 8.04. The summed E-state index contributed by atoms with van der Waals surface area (Å²) in [4.78, 5) is 33.4. The summed E-state index contributed by atoms with van der Waals surface area (Å²) in [6, 6.07) is 21.4. The molecule has 8 heteroatoms. The normalized spacial score (nSPS) is 15.7. The van der Waals surface area contributed by atoms with Gasteiger partial charge in [-0.2, -0.15) is 0 Å². The van der Waals surface area contributed by atoms with Crippen LogP contribution in [-0.4, -0.2) is 26.9 Å². The summed E-state index contributed by atoms with van der Waals surface area (Å²) in [6.45, 7) is 1.73. The number of carbonyl (C=O) groups is 2. The number of ketones is 1. The fourth-order valence-corrected chi connectivity index (χ4v) is 5.26.